The minimum absolute atomic E-state index is 0.116. The molecule has 1 aliphatic heterocycles. The summed E-state index contributed by atoms with van der Waals surface area (Å²) in [6.07, 6.45) is 6.09. The van der Waals surface area contributed by atoms with Crippen molar-refractivity contribution >= 4 is 23.2 Å². The van der Waals surface area contributed by atoms with Crippen LogP contribution in [0.3, 0.4) is 0 Å². The summed E-state index contributed by atoms with van der Waals surface area (Å²) in [7, 11) is 1.61. The van der Waals surface area contributed by atoms with E-state index in [9.17, 15) is 19.3 Å². The second-order valence-corrected chi connectivity index (χ2v) is 8.87. The molecule has 1 aliphatic carbocycles. The van der Waals surface area contributed by atoms with Crippen molar-refractivity contribution in [2.75, 3.05) is 23.9 Å². The van der Waals surface area contributed by atoms with Crippen LogP contribution in [0.5, 0.6) is 11.5 Å². The second-order valence-electron chi connectivity index (χ2n) is 8.87. The standard InChI is InChI=1S/C26H25FN4O5/c1-35-23-11-8-16(13-24(23)36-18-5-2-3-6-18)20-15-30(25-19(20)7-4-12-28-25)26(32)29-17-9-10-21(27)22(14-17)31(33)34/h4,7-14,18,20H,2-3,5-6,15H2,1H3,(H,29,32). The van der Waals surface area contributed by atoms with Crippen LogP contribution >= 0.6 is 0 Å². The largest absolute Gasteiger partial charge is 0.493 e. The Balaban J connectivity index is 1.41. The van der Waals surface area contributed by atoms with Crippen LogP contribution in [0.15, 0.2) is 54.7 Å². The maximum absolute atomic E-state index is 13.7. The van der Waals surface area contributed by atoms with Crippen molar-refractivity contribution in [2.24, 2.45) is 0 Å². The highest BCUT2D eigenvalue weighted by Gasteiger charge is 2.35. The number of nitro groups is 1. The van der Waals surface area contributed by atoms with Gasteiger partial charge in [-0.2, -0.15) is 4.39 Å². The number of halogens is 1. The molecular formula is C26H25FN4O5. The zero-order chi connectivity index (χ0) is 25.2. The van der Waals surface area contributed by atoms with Crippen LogP contribution in [-0.4, -0.2) is 35.7 Å². The van der Waals surface area contributed by atoms with Crippen molar-refractivity contribution in [3.8, 4) is 11.5 Å². The van der Waals surface area contributed by atoms with Gasteiger partial charge in [0, 0.05) is 36.0 Å². The van der Waals surface area contributed by atoms with Gasteiger partial charge in [0.05, 0.1) is 18.1 Å². The number of hydrogen-bond acceptors (Lipinski definition) is 6. The van der Waals surface area contributed by atoms with Gasteiger partial charge in [-0.25, -0.2) is 9.78 Å². The first kappa shape index (κ1) is 23.5. The SMILES string of the molecule is COc1ccc(C2CN(C(=O)Nc3ccc(F)c([N+](=O)[O-])c3)c3ncccc32)cc1OC1CCCC1. The Morgan fingerprint density at radius 2 is 1.97 bits per heavy atom. The monoisotopic (exact) mass is 492 g/mol. The fourth-order valence-electron chi connectivity index (χ4n) is 4.85. The number of urea groups is 1. The Kier molecular flexibility index (Phi) is 6.41. The molecule has 36 heavy (non-hydrogen) atoms. The lowest BCUT2D eigenvalue weighted by molar-refractivity contribution is -0.387. The number of ether oxygens (including phenoxy) is 2. The maximum Gasteiger partial charge on any atom is 0.327 e. The fourth-order valence-corrected chi connectivity index (χ4v) is 4.85. The fraction of sp³-hybridized carbons (Fsp3) is 0.308. The predicted octanol–water partition coefficient (Wildman–Crippen LogP) is 5.64. The van der Waals surface area contributed by atoms with E-state index in [0.29, 0.717) is 23.9 Å². The lowest BCUT2D eigenvalue weighted by Gasteiger charge is -2.20. The van der Waals surface area contributed by atoms with E-state index in [1.807, 2.05) is 30.3 Å². The maximum atomic E-state index is 13.7. The van der Waals surface area contributed by atoms with E-state index in [2.05, 4.69) is 10.3 Å². The normalized spacial score (nSPS) is 17.1. The summed E-state index contributed by atoms with van der Waals surface area (Å²) >= 11 is 0. The van der Waals surface area contributed by atoms with Crippen LogP contribution in [0.25, 0.3) is 0 Å². The number of carbonyl (C=O) groups excluding carboxylic acids is 1. The number of anilines is 2. The number of nitrogens with one attached hydrogen (secondary N) is 1. The van der Waals surface area contributed by atoms with E-state index < -0.39 is 22.5 Å². The van der Waals surface area contributed by atoms with Gasteiger partial charge in [-0.1, -0.05) is 12.1 Å². The van der Waals surface area contributed by atoms with E-state index in [1.54, 1.807) is 13.3 Å². The molecule has 1 unspecified atom stereocenters. The topological polar surface area (TPSA) is 107 Å². The molecule has 1 aromatic heterocycles. The molecule has 2 aliphatic rings. The third-order valence-electron chi connectivity index (χ3n) is 6.64. The first-order valence-corrected chi connectivity index (χ1v) is 11.8. The lowest BCUT2D eigenvalue weighted by Crippen LogP contribution is -2.34. The zero-order valence-electron chi connectivity index (χ0n) is 19.6. The zero-order valence-corrected chi connectivity index (χ0v) is 19.6. The Morgan fingerprint density at radius 1 is 1.17 bits per heavy atom. The van der Waals surface area contributed by atoms with Gasteiger partial charge >= 0.3 is 11.7 Å². The van der Waals surface area contributed by atoms with E-state index in [-0.39, 0.29) is 17.7 Å². The number of nitrogens with zero attached hydrogens (tertiary/aromatic N) is 3. The first-order valence-electron chi connectivity index (χ1n) is 11.8. The molecule has 0 saturated heterocycles. The van der Waals surface area contributed by atoms with E-state index >= 15 is 0 Å². The molecule has 9 nitrogen and oxygen atoms in total. The van der Waals surface area contributed by atoms with Gasteiger partial charge < -0.3 is 14.8 Å². The van der Waals surface area contributed by atoms with Gasteiger partial charge in [0.1, 0.15) is 5.82 Å². The van der Waals surface area contributed by atoms with Crippen LogP contribution in [0, 0.1) is 15.9 Å². The molecule has 1 atom stereocenters. The highest BCUT2D eigenvalue weighted by atomic mass is 19.1. The average Bonchev–Trinajstić information content (AvgIpc) is 3.53. The Hall–Kier alpha value is -4.21. The Bertz CT molecular complexity index is 1310. The predicted molar refractivity (Wildman–Crippen MR) is 131 cm³/mol. The summed E-state index contributed by atoms with van der Waals surface area (Å²) in [5.41, 5.74) is 1.23. The number of methoxy groups -OCH3 is 1. The Labute approximate surface area is 207 Å². The number of hydrogen-bond donors (Lipinski definition) is 1. The minimum atomic E-state index is -0.971. The third-order valence-corrected chi connectivity index (χ3v) is 6.64. The summed E-state index contributed by atoms with van der Waals surface area (Å²) in [6, 6.07) is 12.2. The van der Waals surface area contributed by atoms with Gasteiger partial charge in [-0.15, -0.1) is 0 Å². The minimum Gasteiger partial charge on any atom is -0.493 e. The summed E-state index contributed by atoms with van der Waals surface area (Å²) < 4.78 is 25.5. The number of carbonyl (C=O) groups is 1. The average molecular weight is 493 g/mol. The molecule has 0 bridgehead atoms. The molecule has 5 rings (SSSR count). The van der Waals surface area contributed by atoms with Crippen molar-refractivity contribution in [3.05, 3.63) is 81.8 Å². The lowest BCUT2D eigenvalue weighted by atomic mass is 9.94. The van der Waals surface area contributed by atoms with Crippen LogP contribution in [0.4, 0.5) is 26.4 Å². The number of benzene rings is 2. The van der Waals surface area contributed by atoms with Crippen molar-refractivity contribution in [2.45, 2.75) is 37.7 Å². The molecular weight excluding hydrogens is 467 g/mol. The van der Waals surface area contributed by atoms with Crippen molar-refractivity contribution in [3.63, 3.8) is 0 Å². The van der Waals surface area contributed by atoms with Gasteiger partial charge in [0.25, 0.3) is 0 Å². The number of nitro benzene ring substituents is 1. The summed E-state index contributed by atoms with van der Waals surface area (Å²) in [5, 5.41) is 13.7. The quantitative estimate of drug-likeness (QED) is 0.352. The summed E-state index contributed by atoms with van der Waals surface area (Å²) in [5.74, 6) is 0.683. The summed E-state index contributed by atoms with van der Waals surface area (Å²) in [4.78, 5) is 29.3. The number of amides is 2. The van der Waals surface area contributed by atoms with Gasteiger partial charge in [0.15, 0.2) is 11.5 Å². The molecule has 0 radical (unpaired) electrons. The number of aromatic nitrogens is 1. The highest BCUT2D eigenvalue weighted by Crippen LogP contribution is 2.42. The Morgan fingerprint density at radius 3 is 2.72 bits per heavy atom. The molecule has 2 amide bonds. The van der Waals surface area contributed by atoms with Crippen molar-refractivity contribution in [1.82, 2.24) is 4.98 Å². The van der Waals surface area contributed by atoms with Crippen LogP contribution in [0.1, 0.15) is 42.7 Å². The molecule has 1 N–H and O–H groups in total. The van der Waals surface area contributed by atoms with Gasteiger partial charge in [-0.3, -0.25) is 15.0 Å². The van der Waals surface area contributed by atoms with Gasteiger partial charge in [-0.05, 0) is 61.6 Å². The van der Waals surface area contributed by atoms with Crippen molar-refractivity contribution < 1.29 is 23.6 Å². The van der Waals surface area contributed by atoms with Crippen LogP contribution in [0.2, 0.25) is 0 Å². The van der Waals surface area contributed by atoms with Crippen LogP contribution < -0.4 is 19.7 Å². The molecule has 3 aromatic rings. The van der Waals surface area contributed by atoms with Gasteiger partial charge in [0.2, 0.25) is 5.82 Å². The summed E-state index contributed by atoms with van der Waals surface area (Å²) in [6.45, 7) is 0.302. The number of pyridine rings is 1. The van der Waals surface area contributed by atoms with Crippen LogP contribution in [-0.2, 0) is 0 Å². The number of rotatable bonds is 6. The third kappa shape index (κ3) is 4.53. The molecule has 2 heterocycles. The highest BCUT2D eigenvalue weighted by molar-refractivity contribution is 6.03. The number of fused-ring (bicyclic) bond motifs is 1. The smallest absolute Gasteiger partial charge is 0.327 e. The van der Waals surface area contributed by atoms with E-state index in [1.165, 1.54) is 11.0 Å². The molecule has 2 aromatic carbocycles. The van der Waals surface area contributed by atoms with Crippen molar-refractivity contribution in [1.29, 1.82) is 0 Å². The molecule has 0 spiro atoms. The molecule has 10 heteroatoms. The molecule has 1 fully saturated rings. The van der Waals surface area contributed by atoms with E-state index in [4.69, 9.17) is 9.47 Å². The van der Waals surface area contributed by atoms with E-state index in [0.717, 1.165) is 48.9 Å². The molecule has 186 valence electrons. The molecule has 1 saturated carbocycles. The second kappa shape index (κ2) is 9.80. The first-order chi connectivity index (χ1) is 17.4.